The van der Waals surface area contributed by atoms with E-state index in [1.165, 1.54) is 0 Å². The molecule has 7 heteroatoms. The van der Waals surface area contributed by atoms with E-state index < -0.39 is 0 Å². The van der Waals surface area contributed by atoms with Gasteiger partial charge in [-0.15, -0.1) is 0 Å². The molecule has 0 aliphatic heterocycles. The van der Waals surface area contributed by atoms with Crippen LogP contribution in [-0.4, -0.2) is 35.0 Å². The van der Waals surface area contributed by atoms with Crippen LogP contribution in [0, 0.1) is 13.8 Å². The first-order chi connectivity index (χ1) is 15.0. The van der Waals surface area contributed by atoms with E-state index in [0.717, 1.165) is 16.8 Å². The Bertz CT molecular complexity index is 1010. The number of likely N-dealkylation sites (N-methyl/N-ethyl adjacent to an activating group) is 1. The van der Waals surface area contributed by atoms with Crippen LogP contribution in [0.2, 0.25) is 0 Å². The minimum Gasteiger partial charge on any atom is -0.488 e. The van der Waals surface area contributed by atoms with Crippen molar-refractivity contribution in [3.8, 4) is 5.75 Å². The summed E-state index contributed by atoms with van der Waals surface area (Å²) >= 11 is 0. The first-order valence-electron chi connectivity index (χ1n) is 10.2. The van der Waals surface area contributed by atoms with Gasteiger partial charge in [0.15, 0.2) is 0 Å². The van der Waals surface area contributed by atoms with Crippen molar-refractivity contribution < 1.29 is 18.8 Å². The highest BCUT2D eigenvalue weighted by atomic mass is 16.5. The molecule has 1 N–H and O–H groups in total. The summed E-state index contributed by atoms with van der Waals surface area (Å²) in [5, 5.41) is 6.63. The highest BCUT2D eigenvalue weighted by Crippen LogP contribution is 2.21. The molecule has 1 heterocycles. The Hall–Kier alpha value is -3.61. The Kier molecular flexibility index (Phi) is 7.43. The van der Waals surface area contributed by atoms with Crippen LogP contribution < -0.4 is 10.1 Å². The molecule has 0 radical (unpaired) electrons. The first-order valence-corrected chi connectivity index (χ1v) is 10.2. The topological polar surface area (TPSA) is 84.7 Å². The molecule has 0 unspecified atom stereocenters. The molecule has 0 aliphatic rings. The maximum atomic E-state index is 12.7. The minimum atomic E-state index is -0.363. The van der Waals surface area contributed by atoms with Crippen LogP contribution in [-0.2, 0) is 17.9 Å². The quantitative estimate of drug-likeness (QED) is 0.570. The second-order valence-electron chi connectivity index (χ2n) is 7.16. The molecule has 31 heavy (non-hydrogen) atoms. The fourth-order valence-corrected chi connectivity index (χ4v) is 3.18. The molecule has 162 valence electrons. The van der Waals surface area contributed by atoms with E-state index in [1.807, 2.05) is 51.1 Å². The Morgan fingerprint density at radius 2 is 1.77 bits per heavy atom. The van der Waals surface area contributed by atoms with E-state index in [1.54, 1.807) is 29.2 Å². The van der Waals surface area contributed by atoms with Crippen LogP contribution in [0.15, 0.2) is 59.1 Å². The van der Waals surface area contributed by atoms with Gasteiger partial charge < -0.3 is 19.5 Å². The maximum Gasteiger partial charge on any atom is 0.255 e. The predicted octanol–water partition coefficient (Wildman–Crippen LogP) is 3.65. The lowest BCUT2D eigenvalue weighted by Gasteiger charge is -2.21. The first kappa shape index (κ1) is 22.1. The fourth-order valence-electron chi connectivity index (χ4n) is 3.18. The van der Waals surface area contributed by atoms with Crippen molar-refractivity contribution in [1.29, 1.82) is 0 Å². The molecule has 0 spiro atoms. The predicted molar refractivity (Wildman–Crippen MR) is 117 cm³/mol. The summed E-state index contributed by atoms with van der Waals surface area (Å²) in [5.41, 5.74) is 3.02. The van der Waals surface area contributed by atoms with Crippen LogP contribution in [0.25, 0.3) is 0 Å². The molecule has 0 atom stereocenters. The van der Waals surface area contributed by atoms with E-state index in [2.05, 4.69) is 10.5 Å². The van der Waals surface area contributed by atoms with Crippen molar-refractivity contribution in [2.24, 2.45) is 0 Å². The van der Waals surface area contributed by atoms with Gasteiger partial charge in [0.25, 0.3) is 5.91 Å². The third-order valence-corrected chi connectivity index (χ3v) is 5.04. The third kappa shape index (κ3) is 5.72. The molecule has 0 aliphatic carbocycles. The lowest BCUT2D eigenvalue weighted by atomic mass is 10.1. The molecule has 3 aromatic rings. The Labute approximate surface area is 182 Å². The third-order valence-electron chi connectivity index (χ3n) is 5.04. The van der Waals surface area contributed by atoms with E-state index >= 15 is 0 Å². The smallest absolute Gasteiger partial charge is 0.255 e. The van der Waals surface area contributed by atoms with Crippen LogP contribution in [0.4, 0.5) is 0 Å². The monoisotopic (exact) mass is 421 g/mol. The average molecular weight is 421 g/mol. The van der Waals surface area contributed by atoms with E-state index in [0.29, 0.717) is 30.2 Å². The van der Waals surface area contributed by atoms with Gasteiger partial charge in [0.05, 0.1) is 23.4 Å². The summed E-state index contributed by atoms with van der Waals surface area (Å²) in [7, 11) is 0. The number of carbonyl (C=O) groups excluding carboxylic acids is 2. The van der Waals surface area contributed by atoms with Gasteiger partial charge >= 0.3 is 0 Å². The summed E-state index contributed by atoms with van der Waals surface area (Å²) < 4.78 is 11.0. The number of amides is 2. The number of hydrogen-bond donors (Lipinski definition) is 1. The van der Waals surface area contributed by atoms with Crippen LogP contribution >= 0.6 is 0 Å². The fraction of sp³-hybridized carbons (Fsp3) is 0.292. The van der Waals surface area contributed by atoms with Crippen LogP contribution in [0.1, 0.15) is 39.9 Å². The van der Waals surface area contributed by atoms with Crippen molar-refractivity contribution >= 4 is 11.8 Å². The molecule has 0 bridgehead atoms. The van der Waals surface area contributed by atoms with Gasteiger partial charge in [0, 0.05) is 13.1 Å². The van der Waals surface area contributed by atoms with Crippen molar-refractivity contribution in [2.45, 2.75) is 33.9 Å². The normalized spacial score (nSPS) is 10.5. The lowest BCUT2D eigenvalue weighted by molar-refractivity contribution is -0.130. The molecule has 0 fully saturated rings. The standard InChI is InChI=1S/C24H27N3O4/c1-4-27(15-19-10-6-5-7-11-19)23(28)14-25-24(29)20-12-8-9-13-22(20)30-16-21-17(2)26-31-18(21)3/h5-13H,4,14-16H2,1-3H3,(H,25,29). The highest BCUT2D eigenvalue weighted by Gasteiger charge is 2.17. The van der Waals surface area contributed by atoms with Gasteiger partial charge in [-0.25, -0.2) is 0 Å². The largest absolute Gasteiger partial charge is 0.488 e. The Morgan fingerprint density at radius 3 is 2.45 bits per heavy atom. The molecule has 1 aromatic heterocycles. The lowest BCUT2D eigenvalue weighted by Crippen LogP contribution is -2.39. The number of rotatable bonds is 9. The molecule has 3 rings (SSSR count). The van der Waals surface area contributed by atoms with Crippen molar-refractivity contribution in [3.05, 3.63) is 82.7 Å². The molecule has 7 nitrogen and oxygen atoms in total. The average Bonchev–Trinajstić information content (AvgIpc) is 3.12. The zero-order valence-corrected chi connectivity index (χ0v) is 18.1. The number of benzene rings is 2. The summed E-state index contributed by atoms with van der Waals surface area (Å²) in [4.78, 5) is 27.1. The molecule has 2 amide bonds. The summed E-state index contributed by atoms with van der Waals surface area (Å²) in [6, 6.07) is 16.7. The van der Waals surface area contributed by atoms with E-state index in [4.69, 9.17) is 9.26 Å². The number of aromatic nitrogens is 1. The number of aryl methyl sites for hydroxylation is 2. The highest BCUT2D eigenvalue weighted by molar-refractivity contribution is 5.98. The van der Waals surface area contributed by atoms with Gasteiger partial charge in [-0.2, -0.15) is 0 Å². The number of nitrogens with one attached hydrogen (secondary N) is 1. The van der Waals surface area contributed by atoms with E-state index in [-0.39, 0.29) is 25.0 Å². The molecule has 2 aromatic carbocycles. The van der Waals surface area contributed by atoms with Gasteiger partial charge in [-0.3, -0.25) is 9.59 Å². The number of carbonyl (C=O) groups is 2. The number of ether oxygens (including phenoxy) is 1. The summed E-state index contributed by atoms with van der Waals surface area (Å²) in [5.74, 6) is 0.611. The van der Waals surface area contributed by atoms with Crippen LogP contribution in [0.3, 0.4) is 0 Å². The van der Waals surface area contributed by atoms with Crippen molar-refractivity contribution in [1.82, 2.24) is 15.4 Å². The summed E-state index contributed by atoms with van der Waals surface area (Å²) in [6.07, 6.45) is 0. The maximum absolute atomic E-state index is 12.7. The van der Waals surface area contributed by atoms with Crippen LogP contribution in [0.5, 0.6) is 5.75 Å². The Morgan fingerprint density at radius 1 is 1.06 bits per heavy atom. The van der Waals surface area contributed by atoms with Crippen molar-refractivity contribution in [3.63, 3.8) is 0 Å². The zero-order chi connectivity index (χ0) is 22.2. The second-order valence-corrected chi connectivity index (χ2v) is 7.16. The van der Waals surface area contributed by atoms with Gasteiger partial charge in [0.2, 0.25) is 5.91 Å². The van der Waals surface area contributed by atoms with Gasteiger partial charge in [0.1, 0.15) is 18.1 Å². The molecular weight excluding hydrogens is 394 g/mol. The van der Waals surface area contributed by atoms with Gasteiger partial charge in [-0.1, -0.05) is 47.6 Å². The number of hydrogen-bond acceptors (Lipinski definition) is 5. The number of para-hydroxylation sites is 1. The van der Waals surface area contributed by atoms with Crippen molar-refractivity contribution in [2.75, 3.05) is 13.1 Å². The second kappa shape index (κ2) is 10.4. The molecule has 0 saturated heterocycles. The molecule has 0 saturated carbocycles. The zero-order valence-electron chi connectivity index (χ0n) is 18.1. The number of nitrogens with zero attached hydrogens (tertiary/aromatic N) is 2. The SMILES string of the molecule is CCN(Cc1ccccc1)C(=O)CNC(=O)c1ccccc1OCc1c(C)noc1C. The Balaban J connectivity index is 1.60. The van der Waals surface area contributed by atoms with Gasteiger partial charge in [-0.05, 0) is 38.5 Å². The summed E-state index contributed by atoms with van der Waals surface area (Å²) in [6.45, 7) is 6.79. The molecular formula is C24H27N3O4. The van der Waals surface area contributed by atoms with E-state index in [9.17, 15) is 9.59 Å². The minimum absolute atomic E-state index is 0.0856.